The van der Waals surface area contributed by atoms with Gasteiger partial charge in [0.2, 0.25) is 5.91 Å². The Balaban J connectivity index is 1.72. The van der Waals surface area contributed by atoms with E-state index in [2.05, 4.69) is 24.5 Å². The van der Waals surface area contributed by atoms with Crippen LogP contribution in [-0.4, -0.2) is 25.7 Å². The van der Waals surface area contributed by atoms with Gasteiger partial charge in [-0.15, -0.1) is 0 Å². The molecule has 2 aromatic rings. The quantitative estimate of drug-likeness (QED) is 0.390. The molecule has 0 aliphatic carbocycles. The molecule has 0 aromatic heterocycles. The number of rotatable bonds is 14. The number of carbonyl (C=O) groups is 1. The predicted molar refractivity (Wildman–Crippen MR) is 120 cm³/mol. The molecule has 0 fully saturated rings. The van der Waals surface area contributed by atoms with E-state index >= 15 is 0 Å². The van der Waals surface area contributed by atoms with Gasteiger partial charge in [0.15, 0.2) is 0 Å². The van der Waals surface area contributed by atoms with E-state index in [0.29, 0.717) is 6.61 Å². The Bertz CT molecular complexity index is 716. The molecule has 0 spiro atoms. The second kappa shape index (κ2) is 13.5. The van der Waals surface area contributed by atoms with Gasteiger partial charge in [0.25, 0.3) is 0 Å². The second-order valence-corrected chi connectivity index (χ2v) is 7.07. The third-order valence-corrected chi connectivity index (χ3v) is 4.46. The smallest absolute Gasteiger partial charge is 0.243 e. The second-order valence-electron chi connectivity index (χ2n) is 7.07. The van der Waals surface area contributed by atoms with Crippen molar-refractivity contribution in [1.29, 1.82) is 0 Å². The van der Waals surface area contributed by atoms with Crippen LogP contribution in [0, 0.1) is 0 Å². The summed E-state index contributed by atoms with van der Waals surface area (Å²) >= 11 is 0. The highest BCUT2D eigenvalue weighted by molar-refractivity contribution is 5.93. The Morgan fingerprint density at radius 2 is 1.52 bits per heavy atom. The van der Waals surface area contributed by atoms with Crippen LogP contribution < -0.4 is 20.1 Å². The summed E-state index contributed by atoms with van der Waals surface area (Å²) in [5.41, 5.74) is 1.62. The zero-order valence-corrected chi connectivity index (χ0v) is 17.7. The fraction of sp³-hybridized carbons (Fsp3) is 0.458. The van der Waals surface area contributed by atoms with Gasteiger partial charge in [-0.1, -0.05) is 45.6 Å². The molecule has 0 atom stereocenters. The lowest BCUT2D eigenvalue weighted by Crippen LogP contribution is -2.21. The van der Waals surface area contributed by atoms with E-state index in [9.17, 15) is 4.79 Å². The zero-order valence-electron chi connectivity index (χ0n) is 17.7. The molecule has 0 unspecified atom stereocenters. The van der Waals surface area contributed by atoms with Crippen molar-refractivity contribution in [2.45, 2.75) is 52.4 Å². The van der Waals surface area contributed by atoms with Gasteiger partial charge in [0.05, 0.1) is 19.8 Å². The molecule has 0 heterocycles. The summed E-state index contributed by atoms with van der Waals surface area (Å²) in [5.74, 6) is 1.54. The van der Waals surface area contributed by atoms with Gasteiger partial charge >= 0.3 is 0 Å². The standard InChI is InChI=1S/C24H34N2O3/c1-3-5-7-8-17-29-23-11-9-10-21(18-23)25-19-24(27)26-20-12-14-22(15-13-20)28-16-6-4-2/h9-15,18,25H,3-8,16-17,19H2,1-2H3,(H,26,27). The number of amides is 1. The molecule has 0 aliphatic heterocycles. The third-order valence-electron chi connectivity index (χ3n) is 4.46. The molecule has 5 heteroatoms. The van der Waals surface area contributed by atoms with Crippen molar-refractivity contribution in [3.8, 4) is 11.5 Å². The maximum atomic E-state index is 12.2. The van der Waals surface area contributed by atoms with E-state index in [1.54, 1.807) is 0 Å². The van der Waals surface area contributed by atoms with Crippen molar-refractivity contribution in [2.75, 3.05) is 30.4 Å². The largest absolute Gasteiger partial charge is 0.494 e. The Hall–Kier alpha value is -2.69. The number of benzene rings is 2. The first-order valence-corrected chi connectivity index (χ1v) is 10.7. The molecular formula is C24H34N2O3. The van der Waals surface area contributed by atoms with Crippen molar-refractivity contribution >= 4 is 17.3 Å². The van der Waals surface area contributed by atoms with Crippen LogP contribution in [0.15, 0.2) is 48.5 Å². The Morgan fingerprint density at radius 1 is 0.793 bits per heavy atom. The average molecular weight is 399 g/mol. The first-order chi connectivity index (χ1) is 14.2. The van der Waals surface area contributed by atoms with Crippen molar-refractivity contribution in [3.05, 3.63) is 48.5 Å². The van der Waals surface area contributed by atoms with Crippen LogP contribution in [0.4, 0.5) is 11.4 Å². The minimum atomic E-state index is -0.101. The molecule has 29 heavy (non-hydrogen) atoms. The number of nitrogens with one attached hydrogen (secondary N) is 2. The summed E-state index contributed by atoms with van der Waals surface area (Å²) in [6.45, 7) is 5.96. The molecule has 0 radical (unpaired) electrons. The molecule has 0 saturated carbocycles. The van der Waals surface area contributed by atoms with Crippen LogP contribution in [0.5, 0.6) is 11.5 Å². The van der Waals surface area contributed by atoms with E-state index in [-0.39, 0.29) is 12.5 Å². The van der Waals surface area contributed by atoms with Crippen LogP contribution in [0.3, 0.4) is 0 Å². The third kappa shape index (κ3) is 9.37. The highest BCUT2D eigenvalue weighted by Crippen LogP contribution is 2.18. The summed E-state index contributed by atoms with van der Waals surface area (Å²) in [5, 5.41) is 6.03. The van der Waals surface area contributed by atoms with Crippen molar-refractivity contribution in [1.82, 2.24) is 0 Å². The molecular weight excluding hydrogens is 364 g/mol. The predicted octanol–water partition coefficient (Wildman–Crippen LogP) is 5.88. The number of hydrogen-bond acceptors (Lipinski definition) is 4. The van der Waals surface area contributed by atoms with E-state index < -0.39 is 0 Å². The van der Waals surface area contributed by atoms with E-state index in [1.807, 2.05) is 48.5 Å². The van der Waals surface area contributed by atoms with Gasteiger partial charge < -0.3 is 20.1 Å². The van der Waals surface area contributed by atoms with Crippen molar-refractivity contribution in [2.24, 2.45) is 0 Å². The Labute approximate surface area is 174 Å². The zero-order chi connectivity index (χ0) is 20.7. The number of hydrogen-bond donors (Lipinski definition) is 2. The lowest BCUT2D eigenvalue weighted by molar-refractivity contribution is -0.114. The van der Waals surface area contributed by atoms with Crippen LogP contribution in [0.1, 0.15) is 52.4 Å². The number of unbranched alkanes of at least 4 members (excludes halogenated alkanes) is 4. The van der Waals surface area contributed by atoms with E-state index in [1.165, 1.54) is 19.3 Å². The van der Waals surface area contributed by atoms with Gasteiger partial charge in [-0.05, 0) is 49.2 Å². The van der Waals surface area contributed by atoms with Crippen LogP contribution in [0.2, 0.25) is 0 Å². The van der Waals surface area contributed by atoms with Gasteiger partial charge in [0.1, 0.15) is 11.5 Å². The van der Waals surface area contributed by atoms with Crippen LogP contribution in [0.25, 0.3) is 0 Å². The molecule has 2 N–H and O–H groups in total. The summed E-state index contributed by atoms with van der Waals surface area (Å²) < 4.78 is 11.4. The van der Waals surface area contributed by atoms with E-state index in [4.69, 9.17) is 9.47 Å². The highest BCUT2D eigenvalue weighted by Gasteiger charge is 2.04. The number of anilines is 2. The van der Waals surface area contributed by atoms with Gasteiger partial charge in [-0.3, -0.25) is 4.79 Å². The molecule has 2 aromatic carbocycles. The summed E-state index contributed by atoms with van der Waals surface area (Å²) in [6, 6.07) is 15.2. The maximum absolute atomic E-state index is 12.2. The molecule has 5 nitrogen and oxygen atoms in total. The number of carbonyl (C=O) groups excluding carboxylic acids is 1. The monoisotopic (exact) mass is 398 g/mol. The molecule has 2 rings (SSSR count). The molecule has 1 amide bonds. The first kappa shape index (κ1) is 22.6. The summed E-state index contributed by atoms with van der Waals surface area (Å²) in [7, 11) is 0. The summed E-state index contributed by atoms with van der Waals surface area (Å²) in [4.78, 5) is 12.2. The SMILES string of the molecule is CCCCCCOc1cccc(NCC(=O)Nc2ccc(OCCCC)cc2)c1. The molecule has 158 valence electrons. The first-order valence-electron chi connectivity index (χ1n) is 10.7. The minimum absolute atomic E-state index is 0.101. The van der Waals surface area contributed by atoms with Gasteiger partial charge in [0, 0.05) is 17.4 Å². The van der Waals surface area contributed by atoms with E-state index in [0.717, 1.165) is 48.7 Å². The van der Waals surface area contributed by atoms with Gasteiger partial charge in [-0.25, -0.2) is 0 Å². The molecule has 0 aliphatic rings. The topological polar surface area (TPSA) is 59.6 Å². The van der Waals surface area contributed by atoms with Gasteiger partial charge in [-0.2, -0.15) is 0 Å². The molecule has 0 bridgehead atoms. The fourth-order valence-corrected chi connectivity index (χ4v) is 2.77. The lowest BCUT2D eigenvalue weighted by atomic mass is 10.2. The normalized spacial score (nSPS) is 10.4. The van der Waals surface area contributed by atoms with Crippen LogP contribution in [-0.2, 0) is 4.79 Å². The number of ether oxygens (including phenoxy) is 2. The van der Waals surface area contributed by atoms with Crippen molar-refractivity contribution in [3.63, 3.8) is 0 Å². The minimum Gasteiger partial charge on any atom is -0.494 e. The molecule has 0 saturated heterocycles. The lowest BCUT2D eigenvalue weighted by Gasteiger charge is -2.11. The highest BCUT2D eigenvalue weighted by atomic mass is 16.5. The Morgan fingerprint density at radius 3 is 2.28 bits per heavy atom. The van der Waals surface area contributed by atoms with Crippen molar-refractivity contribution < 1.29 is 14.3 Å². The Kier molecular flexibility index (Phi) is 10.5. The maximum Gasteiger partial charge on any atom is 0.243 e. The summed E-state index contributed by atoms with van der Waals surface area (Å²) in [6.07, 6.45) is 6.87. The average Bonchev–Trinajstić information content (AvgIpc) is 2.74. The fourth-order valence-electron chi connectivity index (χ4n) is 2.77. The van der Waals surface area contributed by atoms with Crippen LogP contribution >= 0.6 is 0 Å².